The third-order valence-corrected chi connectivity index (χ3v) is 4.66. The first-order valence-electron chi connectivity index (χ1n) is 8.31. The molecule has 1 aliphatic rings. The average molecular weight is 402 g/mol. The molecule has 26 heavy (non-hydrogen) atoms. The van der Waals surface area contributed by atoms with E-state index < -0.39 is 0 Å². The Morgan fingerprint density at radius 2 is 1.96 bits per heavy atom. The minimum absolute atomic E-state index is 0.264. The van der Waals surface area contributed by atoms with Gasteiger partial charge in [0.25, 0.3) is 5.91 Å². The molecule has 0 saturated carbocycles. The summed E-state index contributed by atoms with van der Waals surface area (Å²) in [5, 5.41) is 7.38. The van der Waals surface area contributed by atoms with Crippen molar-refractivity contribution in [2.45, 2.75) is 12.8 Å². The zero-order valence-electron chi connectivity index (χ0n) is 15.2. The number of carbonyl (C=O) groups is 1. The van der Waals surface area contributed by atoms with Gasteiger partial charge in [0.15, 0.2) is 10.9 Å². The third kappa shape index (κ3) is 4.49. The fraction of sp³-hybridized carbons (Fsp3) is 0.529. The zero-order valence-corrected chi connectivity index (χ0v) is 16.8. The molecule has 1 saturated heterocycles. The van der Waals surface area contributed by atoms with Gasteiger partial charge in [0.1, 0.15) is 11.3 Å². The van der Waals surface area contributed by atoms with Gasteiger partial charge >= 0.3 is 0 Å². The van der Waals surface area contributed by atoms with Crippen LogP contribution in [0.4, 0.5) is 0 Å². The van der Waals surface area contributed by atoms with Crippen LogP contribution in [0.15, 0.2) is 12.1 Å². The van der Waals surface area contributed by atoms with E-state index in [1.165, 1.54) is 14.2 Å². The van der Waals surface area contributed by atoms with E-state index in [1.54, 1.807) is 29.3 Å². The van der Waals surface area contributed by atoms with E-state index in [2.05, 4.69) is 5.32 Å². The molecule has 0 bridgehead atoms. The van der Waals surface area contributed by atoms with Crippen LogP contribution in [0.5, 0.6) is 11.5 Å². The highest BCUT2D eigenvalue weighted by atomic mass is 35.5. The van der Waals surface area contributed by atoms with E-state index in [-0.39, 0.29) is 11.5 Å². The molecule has 1 heterocycles. The van der Waals surface area contributed by atoms with Gasteiger partial charge in [-0.2, -0.15) is 0 Å². The monoisotopic (exact) mass is 401 g/mol. The van der Waals surface area contributed by atoms with Gasteiger partial charge in [-0.15, -0.1) is 0 Å². The molecule has 0 atom stereocenters. The van der Waals surface area contributed by atoms with Crippen LogP contribution in [0.25, 0.3) is 0 Å². The number of halogens is 1. The van der Waals surface area contributed by atoms with E-state index in [0.29, 0.717) is 47.9 Å². The van der Waals surface area contributed by atoms with Crippen molar-refractivity contribution in [3.63, 3.8) is 0 Å². The molecule has 9 heteroatoms. The minimum atomic E-state index is -0.264. The summed E-state index contributed by atoms with van der Waals surface area (Å²) in [4.78, 5) is 13.2. The molecule has 0 spiro atoms. The first-order valence-corrected chi connectivity index (χ1v) is 9.10. The van der Waals surface area contributed by atoms with Crippen molar-refractivity contribution >= 4 is 34.8 Å². The summed E-state index contributed by atoms with van der Waals surface area (Å²) in [6.07, 6.45) is 1.64. The van der Waals surface area contributed by atoms with Crippen LogP contribution >= 0.6 is 23.8 Å². The Labute approximate surface area is 164 Å². The Bertz CT molecular complexity index is 659. The average Bonchev–Trinajstić information content (AvgIpc) is 3.14. The number of hydrogen-bond acceptors (Lipinski definition) is 5. The van der Waals surface area contributed by atoms with Crippen molar-refractivity contribution in [1.82, 2.24) is 15.3 Å². The maximum Gasteiger partial charge on any atom is 0.280 e. The molecule has 1 aliphatic heterocycles. The number of thiocarbonyl (C=S) groups is 1. The standard InChI is InChI=1S/C17H24ClN3O4S/c1-23-11-4-8-19-17(26)21-10-5-9-20(21)16(22)14-13(24-2)7-6-12(18)15(14)25-3/h6-7H,4-5,8-11H2,1-3H3,(H,19,26). The van der Waals surface area contributed by atoms with Crippen LogP contribution in [0.1, 0.15) is 23.2 Å². The Hall–Kier alpha value is -1.77. The molecule has 2 rings (SSSR count). The molecule has 1 amide bonds. The molecule has 0 unspecified atom stereocenters. The van der Waals surface area contributed by atoms with E-state index in [0.717, 1.165) is 12.8 Å². The largest absolute Gasteiger partial charge is 0.496 e. The lowest BCUT2D eigenvalue weighted by Crippen LogP contribution is -2.49. The predicted molar refractivity (Wildman–Crippen MR) is 104 cm³/mol. The van der Waals surface area contributed by atoms with Gasteiger partial charge in [-0.05, 0) is 37.2 Å². The van der Waals surface area contributed by atoms with Crippen LogP contribution in [-0.4, -0.2) is 68.6 Å². The number of rotatable bonds is 7. The van der Waals surface area contributed by atoms with Crippen molar-refractivity contribution in [2.75, 3.05) is 47.6 Å². The smallest absolute Gasteiger partial charge is 0.280 e. The molecular weight excluding hydrogens is 378 g/mol. The van der Waals surface area contributed by atoms with E-state index in [1.807, 2.05) is 0 Å². The Morgan fingerprint density at radius 3 is 2.62 bits per heavy atom. The number of methoxy groups -OCH3 is 3. The number of ether oxygens (including phenoxy) is 3. The van der Waals surface area contributed by atoms with Gasteiger partial charge in [-0.3, -0.25) is 9.80 Å². The van der Waals surface area contributed by atoms with E-state index in [4.69, 9.17) is 38.0 Å². The minimum Gasteiger partial charge on any atom is -0.496 e. The zero-order chi connectivity index (χ0) is 19.1. The second-order valence-corrected chi connectivity index (χ2v) is 6.44. The molecule has 1 fully saturated rings. The quantitative estimate of drug-likeness (QED) is 0.555. The van der Waals surface area contributed by atoms with Gasteiger partial charge in [-0.1, -0.05) is 11.6 Å². The van der Waals surface area contributed by atoms with Crippen LogP contribution in [0, 0.1) is 0 Å². The number of amides is 1. The topological polar surface area (TPSA) is 63.3 Å². The SMILES string of the molecule is COCCCNC(=S)N1CCCN1C(=O)c1c(OC)ccc(Cl)c1OC. The molecule has 7 nitrogen and oxygen atoms in total. The van der Waals surface area contributed by atoms with Crippen LogP contribution < -0.4 is 14.8 Å². The number of nitrogens with one attached hydrogen (secondary N) is 1. The fourth-order valence-electron chi connectivity index (χ4n) is 2.78. The Kier molecular flexibility index (Phi) is 7.74. The van der Waals surface area contributed by atoms with Gasteiger partial charge in [-0.25, -0.2) is 5.01 Å². The maximum atomic E-state index is 13.2. The van der Waals surface area contributed by atoms with Gasteiger partial charge < -0.3 is 19.5 Å². The summed E-state index contributed by atoms with van der Waals surface area (Å²) < 4.78 is 15.7. The lowest BCUT2D eigenvalue weighted by molar-refractivity contribution is 0.0484. The van der Waals surface area contributed by atoms with Gasteiger partial charge in [0.05, 0.1) is 19.2 Å². The number of hydrogen-bond donors (Lipinski definition) is 1. The van der Waals surface area contributed by atoms with Crippen molar-refractivity contribution in [2.24, 2.45) is 0 Å². The maximum absolute atomic E-state index is 13.2. The molecule has 0 radical (unpaired) electrons. The second-order valence-electron chi connectivity index (χ2n) is 5.64. The summed E-state index contributed by atoms with van der Waals surface area (Å²) in [5.74, 6) is 0.434. The van der Waals surface area contributed by atoms with Crippen LogP contribution in [-0.2, 0) is 4.74 Å². The highest BCUT2D eigenvalue weighted by molar-refractivity contribution is 7.80. The summed E-state index contributed by atoms with van der Waals surface area (Å²) in [7, 11) is 4.63. The molecule has 0 aromatic heterocycles. The molecule has 1 N–H and O–H groups in total. The van der Waals surface area contributed by atoms with E-state index >= 15 is 0 Å². The summed E-state index contributed by atoms with van der Waals surface area (Å²) in [6, 6.07) is 3.29. The normalized spacial score (nSPS) is 13.7. The highest BCUT2D eigenvalue weighted by Crippen LogP contribution is 2.37. The van der Waals surface area contributed by atoms with Crippen LogP contribution in [0.3, 0.4) is 0 Å². The van der Waals surface area contributed by atoms with Crippen molar-refractivity contribution < 1.29 is 19.0 Å². The molecule has 0 aliphatic carbocycles. The Morgan fingerprint density at radius 1 is 1.23 bits per heavy atom. The lowest BCUT2D eigenvalue weighted by atomic mass is 10.1. The van der Waals surface area contributed by atoms with Crippen LogP contribution in [0.2, 0.25) is 5.02 Å². The number of benzene rings is 1. The summed E-state index contributed by atoms with van der Waals surface area (Å²) >= 11 is 11.6. The van der Waals surface area contributed by atoms with Gasteiger partial charge in [0, 0.05) is 33.4 Å². The number of nitrogens with zero attached hydrogens (tertiary/aromatic N) is 2. The summed E-state index contributed by atoms with van der Waals surface area (Å²) in [6.45, 7) is 2.54. The van der Waals surface area contributed by atoms with Crippen molar-refractivity contribution in [1.29, 1.82) is 0 Å². The predicted octanol–water partition coefficient (Wildman–Crippen LogP) is 2.33. The lowest BCUT2D eigenvalue weighted by Gasteiger charge is -2.31. The second kappa shape index (κ2) is 9.80. The van der Waals surface area contributed by atoms with Gasteiger partial charge in [0.2, 0.25) is 0 Å². The highest BCUT2D eigenvalue weighted by Gasteiger charge is 2.33. The molecule has 1 aromatic carbocycles. The van der Waals surface area contributed by atoms with Crippen molar-refractivity contribution in [3.05, 3.63) is 22.7 Å². The van der Waals surface area contributed by atoms with E-state index in [9.17, 15) is 4.79 Å². The third-order valence-electron chi connectivity index (χ3n) is 4.01. The fourth-order valence-corrected chi connectivity index (χ4v) is 3.30. The first kappa shape index (κ1) is 20.5. The summed E-state index contributed by atoms with van der Waals surface area (Å²) in [5.41, 5.74) is 0.289. The molecular formula is C17H24ClN3O4S. The number of carbonyl (C=O) groups excluding carboxylic acids is 1. The Balaban J connectivity index is 2.20. The van der Waals surface area contributed by atoms with Crippen molar-refractivity contribution in [3.8, 4) is 11.5 Å². The first-order chi connectivity index (χ1) is 12.5. The molecule has 144 valence electrons. The molecule has 1 aromatic rings. The number of hydrazine groups is 1.